The first-order chi connectivity index (χ1) is 49.0. The third-order valence-electron chi connectivity index (χ3n) is 13.9. The molecule has 9 aromatic rings. The number of aryl methyl sites for hydroxylation is 1. The van der Waals surface area contributed by atoms with E-state index in [0.29, 0.717) is 54.4 Å². The molecule has 0 bridgehead atoms. The lowest BCUT2D eigenvalue weighted by Gasteiger charge is -2.17. The molecule has 54 heteroatoms. The van der Waals surface area contributed by atoms with E-state index >= 15 is 0 Å². The van der Waals surface area contributed by atoms with E-state index in [9.17, 15) is 109 Å². The van der Waals surface area contributed by atoms with Crippen molar-refractivity contribution in [2.24, 2.45) is 20.5 Å². The molecule has 0 saturated carbocycles. The molecule has 0 aliphatic heterocycles. The van der Waals surface area contributed by atoms with Gasteiger partial charge in [-0.1, -0.05) is 25.1 Å². The van der Waals surface area contributed by atoms with Gasteiger partial charge in [0.05, 0.1) is 62.2 Å². The van der Waals surface area contributed by atoms with Crippen LogP contribution in [0, 0.1) is 0 Å². The van der Waals surface area contributed by atoms with Crippen LogP contribution in [-0.2, 0) is 106 Å². The lowest BCUT2D eigenvalue weighted by Crippen LogP contribution is -2.22. The highest BCUT2D eigenvalue weighted by Crippen LogP contribution is 2.48. The van der Waals surface area contributed by atoms with Gasteiger partial charge in [0.25, 0.3) is 50.6 Å². The van der Waals surface area contributed by atoms with Crippen LogP contribution >= 0.6 is 11.6 Å². The molecule has 0 amide bonds. The third-order valence-corrected chi connectivity index (χ3v) is 22.6. The molecule has 0 fully saturated rings. The monoisotopic (exact) mass is 1670 g/mol. The average molecular weight is 1670 g/mol. The number of phenolic OH excluding ortho intramolecular Hbond substituents is 2. The number of azo groups is 2. The number of para-hydroxylation sites is 1. The molecule has 106 heavy (non-hydrogen) atoms. The number of aromatic hydroxyl groups is 2. The van der Waals surface area contributed by atoms with Gasteiger partial charge in [0.15, 0.2) is 31.2 Å². The van der Waals surface area contributed by atoms with E-state index in [1.54, 1.807) is 25.1 Å². The van der Waals surface area contributed by atoms with Gasteiger partial charge in [-0.15, -0.1) is 15.3 Å². The summed E-state index contributed by atoms with van der Waals surface area (Å²) < 4.78 is 302. The summed E-state index contributed by atoms with van der Waals surface area (Å²) in [4.78, 5) is 18.3. The molecule has 0 spiro atoms. The van der Waals surface area contributed by atoms with Crippen LogP contribution in [0.15, 0.2) is 153 Å². The van der Waals surface area contributed by atoms with E-state index in [4.69, 9.17) is 20.7 Å². The molecule has 14 N–H and O–H groups in total. The van der Waals surface area contributed by atoms with Crippen LogP contribution in [0.3, 0.4) is 0 Å². The number of nitrogens with zero attached hydrogens (tertiary/aromatic N) is 10. The van der Waals surface area contributed by atoms with Crippen LogP contribution in [0.2, 0.25) is 5.28 Å². The molecular formula is C52H48ClN15O29S9. The van der Waals surface area contributed by atoms with Crippen molar-refractivity contribution in [3.05, 3.63) is 114 Å². The summed E-state index contributed by atoms with van der Waals surface area (Å²) in [6.45, 7) is -0.609. The van der Waals surface area contributed by atoms with Gasteiger partial charge in [0, 0.05) is 28.7 Å². The number of hydrogen-bond donors (Lipinski definition) is 14. The fraction of sp³-hybridized carbons (Fsp3) is 0.154. The maximum Gasteiger partial charge on any atom is 0.397 e. The Morgan fingerprint density at radius 1 is 0.434 bits per heavy atom. The fourth-order valence-corrected chi connectivity index (χ4v) is 15.4. The summed E-state index contributed by atoms with van der Waals surface area (Å²) in [5, 5.41) is 49.3. The summed E-state index contributed by atoms with van der Waals surface area (Å²) in [6, 6.07) is 16.3. The molecule has 0 saturated heterocycles. The molecule has 0 unspecified atom stereocenters. The van der Waals surface area contributed by atoms with Crippen LogP contribution in [0.1, 0.15) is 12.5 Å². The minimum atomic E-state index is -5.69. The number of nitrogens with one attached hydrogen (secondary N) is 5. The standard InChI is InChI=1S/C52H48ClN15O29S9/c1-2-26-5-3-4-6-34(26)56-50-62-51(57-36-24-32(100(75,76)77)19-27-21-39(103(84,85)86)43(45(69)41(27)36)67-65-29-7-10-31(11-8-29)99(73,74)18-15-97-106(93,94)95)64-52(63-50)58-37-25-33(101(78,79)80)20-28-22-40(104(87,88)89)44(46(70)42(28)37)68-66-35-23-30(9-12-38(35)102(81,82)83)55-49-60-47(53)59-48(61-49)54-13-16-98(71,72)17-14-96-105(90,91)92/h3-12,19-25,69-70H,2,13-18H2,1H3,(H,75,76,77)(H,78,79,80)(H,81,82,83)(H,84,85,86)(H,87,88,89)(H,90,91,92)(H,93,94,95)(H2,54,55,59,60,61)(H3,56,57,58,62,63,64). The number of sulfone groups is 2. The Morgan fingerprint density at radius 2 is 0.887 bits per heavy atom. The Bertz CT molecular complexity index is 6240. The second-order valence-electron chi connectivity index (χ2n) is 21.2. The van der Waals surface area contributed by atoms with Crippen LogP contribution in [-0.4, -0.2) is 185 Å². The van der Waals surface area contributed by atoms with E-state index < -0.39 is 248 Å². The Morgan fingerprint density at radius 3 is 1.37 bits per heavy atom. The van der Waals surface area contributed by atoms with Crippen LogP contribution in [0.25, 0.3) is 21.5 Å². The van der Waals surface area contributed by atoms with Crippen molar-refractivity contribution in [2.75, 3.05) is 63.6 Å². The van der Waals surface area contributed by atoms with Gasteiger partial charge in [-0.3, -0.25) is 31.9 Å². The van der Waals surface area contributed by atoms with Crippen molar-refractivity contribution >= 4 is 199 Å². The zero-order chi connectivity index (χ0) is 78.1. The van der Waals surface area contributed by atoms with Gasteiger partial charge < -0.3 is 36.8 Å². The summed E-state index contributed by atoms with van der Waals surface area (Å²) in [5.74, 6) is -8.00. The lowest BCUT2D eigenvalue weighted by molar-refractivity contribution is 0.282. The molecular weight excluding hydrogens is 1620 g/mol. The zero-order valence-electron chi connectivity index (χ0n) is 52.5. The van der Waals surface area contributed by atoms with Crippen LogP contribution < -0.4 is 26.6 Å². The normalized spacial score (nSPS) is 13.0. The van der Waals surface area contributed by atoms with Gasteiger partial charge in [0.2, 0.25) is 35.0 Å². The number of benzene rings is 7. The van der Waals surface area contributed by atoms with Gasteiger partial charge >= 0.3 is 20.8 Å². The topological polar surface area (TPSA) is 695 Å². The van der Waals surface area contributed by atoms with Gasteiger partial charge in [0.1, 0.15) is 31.7 Å². The fourth-order valence-electron chi connectivity index (χ4n) is 9.35. The minimum Gasteiger partial charge on any atom is -0.505 e. The molecule has 566 valence electrons. The maximum absolute atomic E-state index is 13.2. The average Bonchev–Trinajstić information content (AvgIpc) is 0.750. The molecule has 0 aliphatic carbocycles. The Balaban J connectivity index is 1.16. The van der Waals surface area contributed by atoms with Crippen LogP contribution in [0.5, 0.6) is 11.5 Å². The predicted molar refractivity (Wildman–Crippen MR) is 369 cm³/mol. The van der Waals surface area contributed by atoms with Gasteiger partial charge in [-0.2, -0.15) is 93.9 Å². The summed E-state index contributed by atoms with van der Waals surface area (Å²) in [5.41, 5.74) is -4.34. The number of fused-ring (bicyclic) bond motifs is 2. The van der Waals surface area contributed by atoms with Crippen molar-refractivity contribution in [1.29, 1.82) is 0 Å². The van der Waals surface area contributed by atoms with Crippen molar-refractivity contribution < 1.29 is 126 Å². The first-order valence-electron chi connectivity index (χ1n) is 28.4. The number of phenols is 2. The number of halogens is 1. The number of aromatic nitrogens is 6. The number of hydrogen-bond acceptors (Lipinski definition) is 37. The Labute approximate surface area is 603 Å². The van der Waals surface area contributed by atoms with Crippen molar-refractivity contribution in [3.63, 3.8) is 0 Å². The largest absolute Gasteiger partial charge is 0.505 e. The van der Waals surface area contributed by atoms with Crippen molar-refractivity contribution in [2.45, 2.75) is 42.7 Å². The van der Waals surface area contributed by atoms with E-state index in [-0.39, 0.29) is 23.0 Å². The number of rotatable bonds is 31. The molecule has 0 aliphatic rings. The Kier molecular flexibility index (Phi) is 23.3. The smallest absolute Gasteiger partial charge is 0.397 e. The number of anilines is 9. The van der Waals surface area contributed by atoms with Crippen molar-refractivity contribution in [3.8, 4) is 11.5 Å². The molecule has 7 aromatic carbocycles. The quantitative estimate of drug-likeness (QED) is 0.0168. The Hall–Kier alpha value is -9.64. The van der Waals surface area contributed by atoms with E-state index in [1.807, 2.05) is 0 Å². The van der Waals surface area contributed by atoms with Gasteiger partial charge in [-0.05, 0) is 119 Å². The molecule has 0 radical (unpaired) electrons. The SMILES string of the molecule is CCc1ccccc1Nc1nc(Nc2cc(S(=O)(=O)O)cc3cc(S(=O)(=O)O)c(N=Nc4ccc(S(=O)(=O)CCOS(=O)(=O)O)cc4)c(O)c23)nc(Nc2cc(S(=O)(=O)O)cc3cc(S(=O)(=O)O)c(N=Nc4cc(Nc5nc(Cl)nc(NCCS(=O)(=O)CCOS(=O)(=O)O)n5)ccc4S(=O)(=O)O)c(O)c23)n1. The molecule has 0 atom stereocenters. The zero-order valence-corrected chi connectivity index (χ0v) is 60.6. The second kappa shape index (κ2) is 30.7. The van der Waals surface area contributed by atoms with Crippen molar-refractivity contribution in [1.82, 2.24) is 29.9 Å². The summed E-state index contributed by atoms with van der Waals surface area (Å²) in [6.07, 6.45) is 0.342. The first-order valence-corrected chi connectivity index (χ1v) is 42.2. The minimum absolute atomic E-state index is 0.250. The highest BCUT2D eigenvalue weighted by atomic mass is 35.5. The van der Waals surface area contributed by atoms with E-state index in [0.717, 1.165) is 36.4 Å². The molecule has 2 aromatic heterocycles. The van der Waals surface area contributed by atoms with Gasteiger partial charge in [-0.25, -0.2) is 25.2 Å². The maximum atomic E-state index is 13.2. The van der Waals surface area contributed by atoms with E-state index in [2.05, 4.69) is 85.3 Å². The summed E-state index contributed by atoms with van der Waals surface area (Å²) in [7, 11) is -45.6. The van der Waals surface area contributed by atoms with Crippen LogP contribution in [0.4, 0.5) is 75.2 Å². The predicted octanol–water partition coefficient (Wildman–Crippen LogP) is 6.27. The summed E-state index contributed by atoms with van der Waals surface area (Å²) >= 11 is 6.07. The molecule has 2 heterocycles. The van der Waals surface area contributed by atoms with E-state index in [1.165, 1.54) is 6.07 Å². The highest BCUT2D eigenvalue weighted by molar-refractivity contribution is 7.92. The molecule has 9 rings (SSSR count). The highest BCUT2D eigenvalue weighted by Gasteiger charge is 2.30. The second-order valence-corrected chi connectivity index (χ2v) is 35.1. The first kappa shape index (κ1) is 80.5. The lowest BCUT2D eigenvalue weighted by atomic mass is 10.1. The molecule has 44 nitrogen and oxygen atoms in total. The third kappa shape index (κ3) is 20.7.